The zero-order valence-electron chi connectivity index (χ0n) is 68.3. The molecule has 12 aliphatic rings. The van der Waals surface area contributed by atoms with Gasteiger partial charge in [0.15, 0.2) is 0 Å². The molecule has 19 heteroatoms. The first kappa shape index (κ1) is 89.6. The molecule has 0 saturated heterocycles. The third-order valence-corrected chi connectivity index (χ3v) is 31.7. The predicted molar refractivity (Wildman–Crippen MR) is 399 cm³/mol. The van der Waals surface area contributed by atoms with Crippen LogP contribution >= 0.6 is 0 Å². The van der Waals surface area contributed by atoms with Gasteiger partial charge in [-0.3, -0.25) is 4.79 Å². The number of aldehydes is 2. The Bertz CT molecular complexity index is 3040. The topological polar surface area (TPSA) is 278 Å². The van der Waals surface area contributed by atoms with E-state index in [0.717, 1.165) is 103 Å². The van der Waals surface area contributed by atoms with Crippen molar-refractivity contribution in [2.45, 2.75) is 281 Å². The predicted octanol–water partition coefficient (Wildman–Crippen LogP) is 10.8. The Morgan fingerprint density at radius 2 is 0.702 bits per heavy atom. The average molecular weight is 1460 g/mol. The van der Waals surface area contributed by atoms with Gasteiger partial charge in [0.1, 0.15) is 18.4 Å². The van der Waals surface area contributed by atoms with Crippen molar-refractivity contribution < 1.29 is 114 Å². The fraction of sp³-hybridized carbons (Fsp3) is 0.824. The van der Waals surface area contributed by atoms with Crippen molar-refractivity contribution in [3.05, 3.63) is 46.6 Å². The molecule has 5 unspecified atom stereocenters. The van der Waals surface area contributed by atoms with Crippen LogP contribution < -0.4 is 29.6 Å². The van der Waals surface area contributed by atoms with E-state index in [9.17, 15) is 59.1 Å². The second kappa shape index (κ2) is 34.1. The van der Waals surface area contributed by atoms with E-state index in [1.165, 1.54) is 67.0 Å². The first-order chi connectivity index (χ1) is 47.8. The van der Waals surface area contributed by atoms with Crippen LogP contribution in [0.3, 0.4) is 0 Å². The van der Waals surface area contributed by atoms with Gasteiger partial charge in [-0.15, -0.1) is 0 Å². The summed E-state index contributed by atoms with van der Waals surface area (Å²) < 4.78 is 19.5. The van der Waals surface area contributed by atoms with Crippen molar-refractivity contribution >= 4 is 50.6 Å². The van der Waals surface area contributed by atoms with E-state index < -0.39 is 45.9 Å². The number of carbonyl (C=O) groups is 7. The van der Waals surface area contributed by atoms with Gasteiger partial charge in [0.05, 0.1) is 76.2 Å². The maximum atomic E-state index is 13.2. The summed E-state index contributed by atoms with van der Waals surface area (Å²) in [5, 5.41) is 60.8. The molecule has 8 fully saturated rings. The summed E-state index contributed by atoms with van der Waals surface area (Å²) in [4.78, 5) is 86.0. The average Bonchev–Trinajstić information content (AvgIpc) is 1.73. The number of hydrogen-bond donors (Lipinski definition) is 6. The summed E-state index contributed by atoms with van der Waals surface area (Å²) in [7, 11) is 6.47. The number of Topliss-reactive ketones (excluding diaryl/α,β-unsaturated/α-hetero) is 1. The van der Waals surface area contributed by atoms with Crippen LogP contribution in [0.4, 0.5) is 0 Å². The number of allylic oxidation sites excluding steroid dienone is 4. The molecule has 0 aromatic carbocycles. The molecule has 12 rings (SSSR count). The van der Waals surface area contributed by atoms with Crippen molar-refractivity contribution in [2.24, 2.45) is 112 Å². The number of rotatable bonds is 8. The molecule has 17 nitrogen and oxygen atoms in total. The van der Waals surface area contributed by atoms with E-state index in [2.05, 4.69) is 83.1 Å². The van der Waals surface area contributed by atoms with Gasteiger partial charge in [-0.25, -0.2) is 19.2 Å². The monoisotopic (exact) mass is 1460 g/mol. The number of ether oxygens (including phenoxy) is 4. The first-order valence-electron chi connectivity index (χ1n) is 39.1. The number of hydrogen-bond acceptors (Lipinski definition) is 17. The van der Waals surface area contributed by atoms with Crippen LogP contribution in [-0.2, 0) is 52.5 Å². The molecule has 581 valence electrons. The van der Waals surface area contributed by atoms with Crippen molar-refractivity contribution in [1.82, 2.24) is 0 Å². The van der Waals surface area contributed by atoms with Crippen molar-refractivity contribution in [3.63, 3.8) is 0 Å². The molecule has 0 aromatic heterocycles. The van der Waals surface area contributed by atoms with Crippen LogP contribution in [0.5, 0.6) is 0 Å². The van der Waals surface area contributed by atoms with Crippen molar-refractivity contribution in [1.29, 1.82) is 0 Å². The third kappa shape index (κ3) is 15.7. The molecule has 104 heavy (non-hydrogen) atoms. The summed E-state index contributed by atoms with van der Waals surface area (Å²) in [5.74, 6) is 1.19. The Hall–Kier alpha value is -3.33. The minimum atomic E-state index is -0.814. The minimum Gasteiger partial charge on any atom is -1.00 e. The normalized spacial score (nSPS) is 40.9. The zero-order chi connectivity index (χ0) is 75.8. The molecule has 8 saturated carbocycles. The SMILES string of the molecule is CO.COC(=O)C1=CC[C@H]2[C@@](C=O)(CCC3C(C)(C)CCC[C@@]32C)[C@@H](O)C1.COC(=O)C1=CC[C@H]2[C@@](C=O)(CCC3C(C)(C)CCC[C@@]32C)[C@H](O)C1.COC(=O)C1=CC[C@H]2[C@@](CO)(CCC3C(C)(C)CCC[C@@]32C)C(=O)C1.COC(=O)C1=CC[C@H]2[C@@](CO)(CCC3C(C)(C)CCC[C@@]32C)C(O)C1.[B].[H-].[Na+]. The van der Waals surface area contributed by atoms with Gasteiger partial charge >= 0.3 is 53.4 Å². The van der Waals surface area contributed by atoms with E-state index >= 15 is 0 Å². The van der Waals surface area contributed by atoms with Gasteiger partial charge in [0, 0.05) is 68.9 Å². The van der Waals surface area contributed by atoms with Crippen molar-refractivity contribution in [3.8, 4) is 0 Å². The summed E-state index contributed by atoms with van der Waals surface area (Å²) in [6.07, 6.45) is 32.0. The molecule has 0 aliphatic heterocycles. The fourth-order valence-electron chi connectivity index (χ4n) is 26.6. The van der Waals surface area contributed by atoms with Gasteiger partial charge in [0.2, 0.25) is 0 Å². The standard InChI is InChI=1S/C21H34O4.3C21H32O4.CH4O.B.Na.H/c4*1-19(2)9-5-10-20(3)15(19)8-11-21(13-22)16(20)7-6-14(12-17(21)23)18(24)25-4;1-2;;;/h6,15-17,22-23H,5,7-13H2,1-4H3;6,15-16,22H,5,7-13H2,1-4H3;2*6,13,15-17,23H,5,7-12H2,1-4H3;2H,1H3;;;/q;;;;;;+1;-1/t15?,16-,17?,20+,21+;15?,16-,20+,21+;15?,16-,17+,20+,21+;15?,16-,17-,20+,21+;;;;/m1111..../s1. The molecule has 0 amide bonds. The van der Waals surface area contributed by atoms with Crippen LogP contribution in [0.15, 0.2) is 46.6 Å². The van der Waals surface area contributed by atoms with Gasteiger partial charge in [-0.2, -0.15) is 0 Å². The summed E-state index contributed by atoms with van der Waals surface area (Å²) >= 11 is 0. The summed E-state index contributed by atoms with van der Waals surface area (Å²) in [6, 6.07) is 0. The van der Waals surface area contributed by atoms with Crippen LogP contribution in [-0.4, -0.2) is 148 Å². The van der Waals surface area contributed by atoms with Crippen LogP contribution in [0.2, 0.25) is 0 Å². The largest absolute Gasteiger partial charge is 1.00 e. The van der Waals surface area contributed by atoms with Crippen LogP contribution in [0, 0.1) is 112 Å². The van der Waals surface area contributed by atoms with E-state index in [4.69, 9.17) is 24.1 Å². The fourth-order valence-corrected chi connectivity index (χ4v) is 26.6. The Labute approximate surface area is 649 Å². The molecule has 0 bridgehead atoms. The Morgan fingerprint density at radius 3 is 1.04 bits per heavy atom. The Morgan fingerprint density at radius 1 is 0.413 bits per heavy atom. The van der Waals surface area contributed by atoms with Crippen LogP contribution in [0.25, 0.3) is 0 Å². The quantitative estimate of drug-likeness (QED) is 0.0570. The van der Waals surface area contributed by atoms with Gasteiger partial charge < -0.3 is 60.6 Å². The third-order valence-electron chi connectivity index (χ3n) is 31.7. The molecule has 0 spiro atoms. The van der Waals surface area contributed by atoms with Crippen LogP contribution in [0.1, 0.15) is 264 Å². The van der Waals surface area contributed by atoms with E-state index in [0.29, 0.717) is 83.5 Å². The maximum absolute atomic E-state index is 13.2. The molecule has 19 atom stereocenters. The van der Waals surface area contributed by atoms with Gasteiger partial charge in [-0.1, -0.05) is 133 Å². The number of fused-ring (bicyclic) bond motifs is 12. The molecular formula is C85H135BNaO17. The Balaban J connectivity index is 0.000000247. The molecule has 0 heterocycles. The molecule has 12 aliphatic carbocycles. The number of ketones is 1. The number of esters is 4. The smallest absolute Gasteiger partial charge is 1.00 e. The molecule has 3 radical (unpaired) electrons. The van der Waals surface area contributed by atoms with E-state index in [1.54, 1.807) is 0 Å². The minimum absolute atomic E-state index is 0. The number of methoxy groups -OCH3 is 4. The molecular weight excluding hydrogens is 1330 g/mol. The summed E-state index contributed by atoms with van der Waals surface area (Å²) in [6.45, 7) is 28.1. The van der Waals surface area contributed by atoms with E-state index in [1.807, 2.05) is 24.3 Å². The van der Waals surface area contributed by atoms with Crippen molar-refractivity contribution in [2.75, 3.05) is 48.8 Å². The number of aliphatic hydroxyl groups is 6. The van der Waals surface area contributed by atoms with E-state index in [-0.39, 0.29) is 164 Å². The second-order valence-electron chi connectivity index (χ2n) is 37.7. The summed E-state index contributed by atoms with van der Waals surface area (Å²) in [5.41, 5.74) is 0.576. The number of carbonyl (C=O) groups excluding carboxylic acids is 7. The molecule has 0 aromatic rings. The second-order valence-corrected chi connectivity index (χ2v) is 37.7. The van der Waals surface area contributed by atoms with Gasteiger partial charge in [-0.05, 0) is 219 Å². The van der Waals surface area contributed by atoms with Gasteiger partial charge in [0.25, 0.3) is 0 Å². The molecule has 6 N–H and O–H groups in total. The Kier molecular flexibility index (Phi) is 29.4. The zero-order valence-corrected chi connectivity index (χ0v) is 69.3. The number of aliphatic hydroxyl groups excluding tert-OH is 6. The maximum Gasteiger partial charge on any atom is 1.00 e. The first-order valence-corrected chi connectivity index (χ1v) is 39.1.